The quantitative estimate of drug-likeness (QED) is 0.849. The fourth-order valence-electron chi connectivity index (χ4n) is 4.02. The number of anilines is 1. The number of aromatic nitrogens is 3. The van der Waals surface area contributed by atoms with Crippen LogP contribution in [-0.2, 0) is 11.3 Å². The zero-order valence-electron chi connectivity index (χ0n) is 14.9. The molecule has 2 aromatic rings. The van der Waals surface area contributed by atoms with Gasteiger partial charge in [-0.2, -0.15) is 0 Å². The van der Waals surface area contributed by atoms with Crippen molar-refractivity contribution in [3.05, 3.63) is 30.1 Å². The Morgan fingerprint density at radius 3 is 2.80 bits per heavy atom. The molecule has 2 aliphatic heterocycles. The lowest BCUT2D eigenvalue weighted by Gasteiger charge is -2.29. The van der Waals surface area contributed by atoms with E-state index in [2.05, 4.69) is 33.5 Å². The Labute approximate surface area is 147 Å². The van der Waals surface area contributed by atoms with Gasteiger partial charge in [-0.3, -0.25) is 4.57 Å². The first-order chi connectivity index (χ1) is 12.1. The SMILES string of the molecule is CC1CCCN1c1nnc(-c2ccccc2F)n1CC1(C)CCCO1. The van der Waals surface area contributed by atoms with Crippen molar-refractivity contribution in [1.82, 2.24) is 14.8 Å². The summed E-state index contributed by atoms with van der Waals surface area (Å²) in [5.41, 5.74) is 0.245. The van der Waals surface area contributed by atoms with Crippen LogP contribution in [0.25, 0.3) is 11.4 Å². The van der Waals surface area contributed by atoms with Crippen LogP contribution in [-0.4, -0.2) is 39.6 Å². The van der Waals surface area contributed by atoms with Crippen molar-refractivity contribution in [3.63, 3.8) is 0 Å². The van der Waals surface area contributed by atoms with E-state index in [-0.39, 0.29) is 11.4 Å². The molecule has 2 saturated heterocycles. The van der Waals surface area contributed by atoms with E-state index in [1.165, 1.54) is 6.07 Å². The van der Waals surface area contributed by atoms with Gasteiger partial charge in [0.05, 0.1) is 17.7 Å². The first kappa shape index (κ1) is 16.5. The summed E-state index contributed by atoms with van der Waals surface area (Å²) in [4.78, 5) is 2.29. The zero-order chi connectivity index (χ0) is 17.4. The molecule has 0 saturated carbocycles. The smallest absolute Gasteiger partial charge is 0.227 e. The lowest BCUT2D eigenvalue weighted by Crippen LogP contribution is -2.34. The van der Waals surface area contributed by atoms with Crippen LogP contribution in [0.5, 0.6) is 0 Å². The normalized spacial score (nSPS) is 26.5. The molecule has 0 bridgehead atoms. The summed E-state index contributed by atoms with van der Waals surface area (Å²) < 4.78 is 22.5. The monoisotopic (exact) mass is 344 g/mol. The van der Waals surface area contributed by atoms with Crippen LogP contribution in [0.15, 0.2) is 24.3 Å². The fraction of sp³-hybridized carbons (Fsp3) is 0.579. The summed E-state index contributed by atoms with van der Waals surface area (Å²) in [6.07, 6.45) is 4.35. The molecule has 3 heterocycles. The molecule has 6 heteroatoms. The predicted octanol–water partition coefficient (Wildman–Crippen LogP) is 3.64. The van der Waals surface area contributed by atoms with Gasteiger partial charge in [-0.25, -0.2) is 4.39 Å². The molecular weight excluding hydrogens is 319 g/mol. The van der Waals surface area contributed by atoms with E-state index in [0.717, 1.165) is 44.8 Å². The molecule has 0 radical (unpaired) electrons. The summed E-state index contributed by atoms with van der Waals surface area (Å²) in [7, 11) is 0. The molecule has 1 aromatic carbocycles. The average molecular weight is 344 g/mol. The van der Waals surface area contributed by atoms with Crippen LogP contribution < -0.4 is 4.90 Å². The van der Waals surface area contributed by atoms with Gasteiger partial charge in [-0.15, -0.1) is 10.2 Å². The van der Waals surface area contributed by atoms with Gasteiger partial charge in [0.1, 0.15) is 5.82 Å². The van der Waals surface area contributed by atoms with Crippen LogP contribution in [0.2, 0.25) is 0 Å². The lowest BCUT2D eigenvalue weighted by molar-refractivity contribution is 0.00673. The summed E-state index contributed by atoms with van der Waals surface area (Å²) in [5.74, 6) is 1.15. The van der Waals surface area contributed by atoms with Gasteiger partial charge in [0, 0.05) is 19.2 Å². The van der Waals surface area contributed by atoms with Crippen molar-refractivity contribution in [3.8, 4) is 11.4 Å². The van der Waals surface area contributed by atoms with Gasteiger partial charge in [-0.05, 0) is 51.7 Å². The molecule has 134 valence electrons. The standard InChI is InChI=1S/C19H25FN4O/c1-14-7-5-11-23(14)18-22-21-17(15-8-3-4-9-16(15)20)24(18)13-19(2)10-6-12-25-19/h3-4,8-9,14H,5-7,10-13H2,1-2H3. The number of ether oxygens (including phenoxy) is 1. The Bertz CT molecular complexity index is 754. The molecule has 0 aliphatic carbocycles. The summed E-state index contributed by atoms with van der Waals surface area (Å²) in [5, 5.41) is 8.83. The minimum absolute atomic E-state index is 0.250. The third-order valence-electron chi connectivity index (χ3n) is 5.45. The molecule has 0 amide bonds. The fourth-order valence-corrected chi connectivity index (χ4v) is 4.02. The summed E-state index contributed by atoms with van der Waals surface area (Å²) in [6, 6.07) is 7.20. The van der Waals surface area contributed by atoms with Gasteiger partial charge >= 0.3 is 0 Å². The molecule has 0 N–H and O–H groups in total. The maximum Gasteiger partial charge on any atom is 0.227 e. The van der Waals surface area contributed by atoms with Crippen molar-refractivity contribution in [2.24, 2.45) is 0 Å². The van der Waals surface area contributed by atoms with Gasteiger partial charge in [0.15, 0.2) is 5.82 Å². The molecule has 5 nitrogen and oxygen atoms in total. The summed E-state index contributed by atoms with van der Waals surface area (Å²) in [6.45, 7) is 6.73. The highest BCUT2D eigenvalue weighted by molar-refractivity contribution is 5.58. The second-order valence-electron chi connectivity index (χ2n) is 7.48. The minimum Gasteiger partial charge on any atom is -0.373 e. The molecule has 2 fully saturated rings. The molecule has 2 atom stereocenters. The van der Waals surface area contributed by atoms with Crippen LogP contribution >= 0.6 is 0 Å². The number of benzene rings is 1. The van der Waals surface area contributed by atoms with Crippen molar-refractivity contribution in [2.45, 2.75) is 57.7 Å². The lowest BCUT2D eigenvalue weighted by atomic mass is 10.0. The van der Waals surface area contributed by atoms with Crippen LogP contribution in [0.1, 0.15) is 39.5 Å². The van der Waals surface area contributed by atoms with E-state index >= 15 is 0 Å². The van der Waals surface area contributed by atoms with E-state index in [4.69, 9.17) is 4.74 Å². The minimum atomic E-state index is -0.269. The summed E-state index contributed by atoms with van der Waals surface area (Å²) >= 11 is 0. The van der Waals surface area contributed by atoms with Gasteiger partial charge in [0.2, 0.25) is 5.95 Å². The number of nitrogens with zero attached hydrogens (tertiary/aromatic N) is 4. The first-order valence-corrected chi connectivity index (χ1v) is 9.16. The van der Waals surface area contributed by atoms with Crippen molar-refractivity contribution >= 4 is 5.95 Å². The van der Waals surface area contributed by atoms with E-state index in [1.54, 1.807) is 12.1 Å². The average Bonchev–Trinajstić information content (AvgIpc) is 3.29. The van der Waals surface area contributed by atoms with E-state index < -0.39 is 0 Å². The Morgan fingerprint density at radius 1 is 1.28 bits per heavy atom. The van der Waals surface area contributed by atoms with Crippen molar-refractivity contribution in [2.75, 3.05) is 18.1 Å². The molecular formula is C19H25FN4O. The predicted molar refractivity (Wildman–Crippen MR) is 95.0 cm³/mol. The molecule has 25 heavy (non-hydrogen) atoms. The van der Waals surface area contributed by atoms with E-state index in [9.17, 15) is 4.39 Å². The number of rotatable bonds is 4. The Kier molecular flexibility index (Phi) is 4.23. The highest BCUT2D eigenvalue weighted by Crippen LogP contribution is 2.34. The number of halogens is 1. The van der Waals surface area contributed by atoms with Gasteiger partial charge < -0.3 is 9.64 Å². The molecule has 1 aromatic heterocycles. The maximum atomic E-state index is 14.4. The van der Waals surface area contributed by atoms with Gasteiger partial charge in [0.25, 0.3) is 0 Å². The Morgan fingerprint density at radius 2 is 2.12 bits per heavy atom. The molecule has 2 aliphatic rings. The molecule has 2 unspecified atom stereocenters. The molecule has 0 spiro atoms. The van der Waals surface area contributed by atoms with Crippen molar-refractivity contribution in [1.29, 1.82) is 0 Å². The third kappa shape index (κ3) is 3.03. The van der Waals surface area contributed by atoms with Crippen LogP contribution in [0.3, 0.4) is 0 Å². The highest BCUT2D eigenvalue weighted by Gasteiger charge is 2.35. The Hall–Kier alpha value is -1.95. The zero-order valence-corrected chi connectivity index (χ0v) is 14.9. The third-order valence-corrected chi connectivity index (χ3v) is 5.45. The Balaban J connectivity index is 1.79. The highest BCUT2D eigenvalue weighted by atomic mass is 19.1. The topological polar surface area (TPSA) is 43.2 Å². The first-order valence-electron chi connectivity index (χ1n) is 9.16. The second-order valence-corrected chi connectivity index (χ2v) is 7.48. The second kappa shape index (κ2) is 6.41. The molecule has 4 rings (SSSR count). The largest absolute Gasteiger partial charge is 0.373 e. The van der Waals surface area contributed by atoms with Crippen LogP contribution in [0, 0.1) is 5.82 Å². The van der Waals surface area contributed by atoms with E-state index in [1.807, 2.05) is 6.07 Å². The number of hydrogen-bond donors (Lipinski definition) is 0. The van der Waals surface area contributed by atoms with E-state index in [0.29, 0.717) is 24.0 Å². The van der Waals surface area contributed by atoms with Crippen LogP contribution in [0.4, 0.5) is 10.3 Å². The van der Waals surface area contributed by atoms with Crippen molar-refractivity contribution < 1.29 is 9.13 Å². The number of hydrogen-bond acceptors (Lipinski definition) is 4. The van der Waals surface area contributed by atoms with Gasteiger partial charge in [-0.1, -0.05) is 12.1 Å². The maximum absolute atomic E-state index is 14.4.